The van der Waals surface area contributed by atoms with Gasteiger partial charge in [-0.25, -0.2) is 9.78 Å². The van der Waals surface area contributed by atoms with Crippen molar-refractivity contribution in [3.05, 3.63) is 53.3 Å². The Morgan fingerprint density at radius 3 is 2.24 bits per heavy atom. The Hall–Kier alpha value is -2.37. The zero-order valence-corrected chi connectivity index (χ0v) is 11.4. The monoisotopic (exact) mass is 295 g/mol. The molecule has 1 aromatic carbocycles. The number of carbonyl (C=O) groups excluding carboxylic acids is 1. The molecule has 0 bridgehead atoms. The Morgan fingerprint density at radius 2 is 1.76 bits per heavy atom. The number of methoxy groups -OCH3 is 1. The molecule has 0 unspecified atom stereocenters. The molecule has 2 rings (SSSR count). The molecule has 0 spiro atoms. The molecule has 0 fully saturated rings. The summed E-state index contributed by atoms with van der Waals surface area (Å²) in [6, 6.07) is 6.45. The summed E-state index contributed by atoms with van der Waals surface area (Å²) in [7, 11) is 1.26. The van der Waals surface area contributed by atoms with Gasteiger partial charge in [0.1, 0.15) is 0 Å². The second-order valence-electron chi connectivity index (χ2n) is 4.46. The third-order valence-electron chi connectivity index (χ3n) is 3.00. The van der Waals surface area contributed by atoms with Crippen molar-refractivity contribution in [2.75, 3.05) is 7.11 Å². The zero-order valence-electron chi connectivity index (χ0n) is 11.4. The van der Waals surface area contributed by atoms with E-state index >= 15 is 0 Å². The molecule has 0 amide bonds. The molecule has 0 radical (unpaired) electrons. The minimum Gasteiger partial charge on any atom is -0.464 e. The van der Waals surface area contributed by atoms with E-state index in [4.69, 9.17) is 0 Å². The van der Waals surface area contributed by atoms with E-state index in [9.17, 15) is 18.0 Å². The zero-order chi connectivity index (χ0) is 15.6. The normalized spacial score (nSPS) is 11.3. The molecule has 110 valence electrons. The number of hydrogen-bond donors (Lipinski definition) is 0. The summed E-state index contributed by atoms with van der Waals surface area (Å²) in [5.74, 6) is -0.550. The fourth-order valence-electron chi connectivity index (χ4n) is 1.89. The van der Waals surface area contributed by atoms with Crippen LogP contribution in [0.1, 0.15) is 21.6 Å². The van der Waals surface area contributed by atoms with Gasteiger partial charge in [0.15, 0.2) is 5.69 Å². The van der Waals surface area contributed by atoms with Crippen LogP contribution in [0.3, 0.4) is 0 Å². The number of rotatable bonds is 2. The van der Waals surface area contributed by atoms with Gasteiger partial charge >= 0.3 is 12.1 Å². The largest absolute Gasteiger partial charge is 0.464 e. The summed E-state index contributed by atoms with van der Waals surface area (Å²) >= 11 is 0. The first kappa shape index (κ1) is 15.0. The van der Waals surface area contributed by atoms with Gasteiger partial charge in [0, 0.05) is 11.8 Å². The molecule has 0 aliphatic rings. The van der Waals surface area contributed by atoms with Gasteiger partial charge in [-0.1, -0.05) is 12.1 Å². The smallest absolute Gasteiger partial charge is 0.416 e. The third-order valence-corrected chi connectivity index (χ3v) is 3.00. The SMILES string of the molecule is COC(=O)c1ncc(-c2ccc(C(F)(F)F)cc2)cc1C. The second kappa shape index (κ2) is 5.55. The van der Waals surface area contributed by atoms with E-state index in [1.165, 1.54) is 25.4 Å². The fourth-order valence-corrected chi connectivity index (χ4v) is 1.89. The number of aromatic nitrogens is 1. The number of pyridine rings is 1. The molecule has 1 aromatic heterocycles. The number of halogens is 3. The highest BCUT2D eigenvalue weighted by Gasteiger charge is 2.30. The molecule has 21 heavy (non-hydrogen) atoms. The summed E-state index contributed by atoms with van der Waals surface area (Å²) in [6.07, 6.45) is -2.93. The van der Waals surface area contributed by atoms with E-state index < -0.39 is 17.7 Å². The number of hydrogen-bond acceptors (Lipinski definition) is 3. The van der Waals surface area contributed by atoms with Crippen molar-refractivity contribution in [2.24, 2.45) is 0 Å². The lowest BCUT2D eigenvalue weighted by Crippen LogP contribution is -2.07. The van der Waals surface area contributed by atoms with Crippen molar-refractivity contribution in [1.29, 1.82) is 0 Å². The summed E-state index contributed by atoms with van der Waals surface area (Å²) in [5, 5.41) is 0. The van der Waals surface area contributed by atoms with E-state index in [1.807, 2.05) is 0 Å². The van der Waals surface area contributed by atoms with Gasteiger partial charge in [0.2, 0.25) is 0 Å². The van der Waals surface area contributed by atoms with Crippen LogP contribution in [-0.2, 0) is 10.9 Å². The third kappa shape index (κ3) is 3.21. The lowest BCUT2D eigenvalue weighted by atomic mass is 10.0. The van der Waals surface area contributed by atoms with Crippen LogP contribution in [0, 0.1) is 6.92 Å². The van der Waals surface area contributed by atoms with E-state index in [2.05, 4.69) is 9.72 Å². The van der Waals surface area contributed by atoms with Crippen LogP contribution < -0.4 is 0 Å². The first-order valence-electron chi connectivity index (χ1n) is 6.05. The average molecular weight is 295 g/mol. The first-order valence-corrected chi connectivity index (χ1v) is 6.05. The molecule has 6 heteroatoms. The molecular formula is C15H12F3NO2. The number of nitrogens with zero attached hydrogens (tertiary/aromatic N) is 1. The van der Waals surface area contributed by atoms with E-state index in [1.54, 1.807) is 13.0 Å². The second-order valence-corrected chi connectivity index (χ2v) is 4.46. The summed E-state index contributed by atoms with van der Waals surface area (Å²) in [4.78, 5) is 15.4. The quantitative estimate of drug-likeness (QED) is 0.790. The van der Waals surface area contributed by atoms with Crippen molar-refractivity contribution < 1.29 is 22.7 Å². The highest BCUT2D eigenvalue weighted by atomic mass is 19.4. The van der Waals surface area contributed by atoms with Gasteiger partial charge in [-0.15, -0.1) is 0 Å². The Labute approximate surface area is 119 Å². The van der Waals surface area contributed by atoms with Gasteiger partial charge in [-0.3, -0.25) is 0 Å². The maximum absolute atomic E-state index is 12.5. The molecule has 3 nitrogen and oxygen atoms in total. The number of benzene rings is 1. The molecule has 0 aliphatic carbocycles. The van der Waals surface area contributed by atoms with Crippen molar-refractivity contribution in [3.63, 3.8) is 0 Å². The molecule has 1 heterocycles. The lowest BCUT2D eigenvalue weighted by Gasteiger charge is -2.09. The Morgan fingerprint density at radius 1 is 1.14 bits per heavy atom. The Balaban J connectivity index is 2.35. The van der Waals surface area contributed by atoms with Gasteiger partial charge in [0.25, 0.3) is 0 Å². The minimum atomic E-state index is -4.36. The topological polar surface area (TPSA) is 39.2 Å². The Kier molecular flexibility index (Phi) is 3.97. The summed E-state index contributed by atoms with van der Waals surface area (Å²) in [5.41, 5.74) is 1.30. The molecule has 0 N–H and O–H groups in total. The molecule has 0 aliphatic heterocycles. The van der Waals surface area contributed by atoms with Crippen LogP contribution in [0.15, 0.2) is 36.5 Å². The van der Waals surface area contributed by atoms with Crippen LogP contribution in [-0.4, -0.2) is 18.1 Å². The minimum absolute atomic E-state index is 0.188. The number of carbonyl (C=O) groups is 1. The number of aryl methyl sites for hydroxylation is 1. The predicted molar refractivity (Wildman–Crippen MR) is 70.8 cm³/mol. The highest BCUT2D eigenvalue weighted by Crippen LogP contribution is 2.31. The van der Waals surface area contributed by atoms with Crippen molar-refractivity contribution in [1.82, 2.24) is 4.98 Å². The van der Waals surface area contributed by atoms with Crippen LogP contribution in [0.25, 0.3) is 11.1 Å². The molecule has 0 saturated heterocycles. The molecule has 0 atom stereocenters. The van der Waals surface area contributed by atoms with Crippen molar-refractivity contribution in [2.45, 2.75) is 13.1 Å². The Bertz CT molecular complexity index is 664. The standard InChI is InChI=1S/C15H12F3NO2/c1-9-7-11(8-19-13(9)14(20)21-2)10-3-5-12(6-4-10)15(16,17)18/h3-8H,1-2H3. The molecule has 0 saturated carbocycles. The van der Waals surface area contributed by atoms with Gasteiger partial charge in [0.05, 0.1) is 12.7 Å². The molecular weight excluding hydrogens is 283 g/mol. The maximum atomic E-state index is 12.5. The molecule has 2 aromatic rings. The summed E-state index contributed by atoms with van der Waals surface area (Å²) in [6.45, 7) is 1.69. The predicted octanol–water partition coefficient (Wildman–Crippen LogP) is 3.86. The number of ether oxygens (including phenoxy) is 1. The lowest BCUT2D eigenvalue weighted by molar-refractivity contribution is -0.137. The fraction of sp³-hybridized carbons (Fsp3) is 0.200. The van der Waals surface area contributed by atoms with Gasteiger partial charge in [-0.05, 0) is 36.2 Å². The van der Waals surface area contributed by atoms with Crippen molar-refractivity contribution >= 4 is 5.97 Å². The number of alkyl halides is 3. The van der Waals surface area contributed by atoms with Gasteiger partial charge < -0.3 is 4.74 Å². The van der Waals surface area contributed by atoms with Crippen LogP contribution >= 0.6 is 0 Å². The first-order chi connectivity index (χ1) is 9.82. The van der Waals surface area contributed by atoms with E-state index in [0.29, 0.717) is 16.7 Å². The van der Waals surface area contributed by atoms with E-state index in [-0.39, 0.29) is 5.69 Å². The van der Waals surface area contributed by atoms with Crippen LogP contribution in [0.5, 0.6) is 0 Å². The van der Waals surface area contributed by atoms with Crippen LogP contribution in [0.4, 0.5) is 13.2 Å². The number of esters is 1. The van der Waals surface area contributed by atoms with E-state index in [0.717, 1.165) is 12.1 Å². The van der Waals surface area contributed by atoms with Crippen LogP contribution in [0.2, 0.25) is 0 Å². The highest BCUT2D eigenvalue weighted by molar-refractivity contribution is 5.89. The van der Waals surface area contributed by atoms with Crippen molar-refractivity contribution in [3.8, 4) is 11.1 Å². The van der Waals surface area contributed by atoms with Gasteiger partial charge in [-0.2, -0.15) is 13.2 Å². The maximum Gasteiger partial charge on any atom is 0.416 e. The summed E-state index contributed by atoms with van der Waals surface area (Å²) < 4.78 is 42.1. The average Bonchev–Trinajstić information content (AvgIpc) is 2.45.